The zero-order valence-corrected chi connectivity index (χ0v) is 15.8. The molecule has 0 aliphatic carbocycles. The number of benzene rings is 1. The lowest BCUT2D eigenvalue weighted by atomic mass is 9.94. The third-order valence-electron chi connectivity index (χ3n) is 5.49. The molecule has 2 fully saturated rings. The van der Waals surface area contributed by atoms with Crippen LogP contribution in [0, 0.1) is 5.82 Å². The van der Waals surface area contributed by atoms with Crippen molar-refractivity contribution in [3.8, 4) is 0 Å². The monoisotopic (exact) mass is 370 g/mol. The highest BCUT2D eigenvalue weighted by Crippen LogP contribution is 2.31. The lowest BCUT2D eigenvalue weighted by molar-refractivity contribution is 0.0844. The number of nitrogens with one attached hydrogen (secondary N) is 1. The van der Waals surface area contributed by atoms with Gasteiger partial charge < -0.3 is 15.0 Å². The van der Waals surface area contributed by atoms with Gasteiger partial charge in [0.2, 0.25) is 0 Å². The number of aromatic nitrogens is 2. The van der Waals surface area contributed by atoms with Gasteiger partial charge in [-0.1, -0.05) is 6.07 Å². The Morgan fingerprint density at radius 1 is 1.11 bits per heavy atom. The van der Waals surface area contributed by atoms with Crippen molar-refractivity contribution in [2.24, 2.45) is 0 Å². The van der Waals surface area contributed by atoms with E-state index in [-0.39, 0.29) is 5.82 Å². The molecule has 0 amide bonds. The molecule has 0 bridgehead atoms. The van der Waals surface area contributed by atoms with E-state index in [0.717, 1.165) is 62.9 Å². The maximum absolute atomic E-state index is 13.6. The van der Waals surface area contributed by atoms with Gasteiger partial charge in [0.25, 0.3) is 0 Å². The Hall–Kier alpha value is -2.05. The Morgan fingerprint density at radius 3 is 2.74 bits per heavy atom. The van der Waals surface area contributed by atoms with Crippen molar-refractivity contribution >= 4 is 11.5 Å². The molecule has 6 heteroatoms. The highest BCUT2D eigenvalue weighted by molar-refractivity contribution is 5.56. The zero-order valence-electron chi connectivity index (χ0n) is 15.8. The van der Waals surface area contributed by atoms with Gasteiger partial charge in [0.15, 0.2) is 0 Å². The van der Waals surface area contributed by atoms with Crippen LogP contribution in [-0.4, -0.2) is 48.2 Å². The van der Waals surface area contributed by atoms with E-state index in [1.807, 2.05) is 12.1 Å². The highest BCUT2D eigenvalue weighted by Gasteiger charge is 2.25. The van der Waals surface area contributed by atoms with Crippen molar-refractivity contribution in [1.82, 2.24) is 14.9 Å². The summed E-state index contributed by atoms with van der Waals surface area (Å²) in [4.78, 5) is 12.1. The van der Waals surface area contributed by atoms with Crippen LogP contribution < -0.4 is 5.32 Å². The summed E-state index contributed by atoms with van der Waals surface area (Å²) in [6, 6.07) is 8.52. The maximum Gasteiger partial charge on any atom is 0.135 e. The van der Waals surface area contributed by atoms with E-state index in [4.69, 9.17) is 14.7 Å². The standard InChI is InChI=1S/C21H27FN4O/c1-26-9-3-4-16(14-26)21-24-19(15-7-10-27-11-8-15)13-20(25-21)23-18-6-2-5-17(22)12-18/h2,5-6,12-13,15-16H,3-4,7-11,14H2,1H3,(H,23,24,25). The average molecular weight is 370 g/mol. The number of likely N-dealkylation sites (tertiary alicyclic amines) is 1. The number of hydrogen-bond acceptors (Lipinski definition) is 5. The smallest absolute Gasteiger partial charge is 0.135 e. The lowest BCUT2D eigenvalue weighted by Crippen LogP contribution is -2.32. The van der Waals surface area contributed by atoms with Crippen LogP contribution in [-0.2, 0) is 4.74 Å². The van der Waals surface area contributed by atoms with Gasteiger partial charge in [-0.05, 0) is 57.5 Å². The van der Waals surface area contributed by atoms with Crippen molar-refractivity contribution in [2.75, 3.05) is 38.7 Å². The SMILES string of the molecule is CN1CCCC(c2nc(Nc3cccc(F)c3)cc(C3CCOCC3)n2)C1. The molecule has 0 spiro atoms. The fourth-order valence-corrected chi connectivity index (χ4v) is 4.03. The first-order valence-corrected chi connectivity index (χ1v) is 9.85. The zero-order chi connectivity index (χ0) is 18.6. The quantitative estimate of drug-likeness (QED) is 0.879. The predicted octanol–water partition coefficient (Wildman–Crippen LogP) is 4.06. The molecule has 144 valence electrons. The lowest BCUT2D eigenvalue weighted by Gasteiger charge is -2.30. The summed E-state index contributed by atoms with van der Waals surface area (Å²) in [6.45, 7) is 3.67. The minimum atomic E-state index is -0.257. The van der Waals surface area contributed by atoms with Crippen LogP contribution in [0.4, 0.5) is 15.9 Å². The second-order valence-electron chi connectivity index (χ2n) is 7.66. The molecule has 0 radical (unpaired) electrons. The number of likely N-dealkylation sites (N-methyl/N-ethyl adjacent to an activating group) is 1. The normalized spacial score (nSPS) is 21.9. The average Bonchev–Trinajstić information content (AvgIpc) is 2.68. The fraction of sp³-hybridized carbons (Fsp3) is 0.524. The van der Waals surface area contributed by atoms with E-state index in [1.54, 1.807) is 6.07 Å². The van der Waals surface area contributed by atoms with Gasteiger partial charge in [-0.25, -0.2) is 14.4 Å². The van der Waals surface area contributed by atoms with Gasteiger partial charge in [0, 0.05) is 49.0 Å². The Labute approximate surface area is 160 Å². The van der Waals surface area contributed by atoms with E-state index < -0.39 is 0 Å². The third kappa shape index (κ3) is 4.62. The fourth-order valence-electron chi connectivity index (χ4n) is 4.03. The van der Waals surface area contributed by atoms with E-state index in [1.165, 1.54) is 18.6 Å². The topological polar surface area (TPSA) is 50.3 Å². The Morgan fingerprint density at radius 2 is 1.96 bits per heavy atom. The minimum absolute atomic E-state index is 0.257. The molecule has 3 heterocycles. The molecule has 0 saturated carbocycles. The van der Waals surface area contributed by atoms with Crippen molar-refractivity contribution in [3.63, 3.8) is 0 Å². The first-order chi connectivity index (χ1) is 13.2. The van der Waals surface area contributed by atoms with Crippen LogP contribution in [0.2, 0.25) is 0 Å². The first kappa shape index (κ1) is 18.3. The number of piperidine rings is 1. The van der Waals surface area contributed by atoms with Crippen LogP contribution in [0.25, 0.3) is 0 Å². The summed E-state index contributed by atoms with van der Waals surface area (Å²) < 4.78 is 19.1. The highest BCUT2D eigenvalue weighted by atomic mass is 19.1. The van der Waals surface area contributed by atoms with E-state index in [0.29, 0.717) is 17.5 Å². The number of rotatable bonds is 4. The van der Waals surface area contributed by atoms with E-state index in [9.17, 15) is 4.39 Å². The predicted molar refractivity (Wildman–Crippen MR) is 104 cm³/mol. The molecule has 1 aromatic heterocycles. The van der Waals surface area contributed by atoms with Crippen molar-refractivity contribution < 1.29 is 9.13 Å². The number of hydrogen-bond donors (Lipinski definition) is 1. The van der Waals surface area contributed by atoms with E-state index in [2.05, 4.69) is 17.3 Å². The number of anilines is 2. The molecule has 27 heavy (non-hydrogen) atoms. The number of nitrogens with zero attached hydrogens (tertiary/aromatic N) is 3. The van der Waals surface area contributed by atoms with Crippen molar-refractivity contribution in [1.29, 1.82) is 0 Å². The van der Waals surface area contributed by atoms with Crippen LogP contribution in [0.3, 0.4) is 0 Å². The minimum Gasteiger partial charge on any atom is -0.381 e. The third-order valence-corrected chi connectivity index (χ3v) is 5.49. The molecule has 2 aliphatic rings. The summed E-state index contributed by atoms with van der Waals surface area (Å²) >= 11 is 0. The van der Waals surface area contributed by atoms with Gasteiger partial charge in [-0.3, -0.25) is 0 Å². The summed E-state index contributed by atoms with van der Waals surface area (Å²) in [5, 5.41) is 3.28. The molecule has 1 aromatic carbocycles. The molecular weight excluding hydrogens is 343 g/mol. The molecule has 1 N–H and O–H groups in total. The summed E-state index contributed by atoms with van der Waals surface area (Å²) in [5.74, 6) is 2.14. The van der Waals surface area contributed by atoms with E-state index >= 15 is 0 Å². The number of halogens is 1. The van der Waals surface area contributed by atoms with Gasteiger partial charge in [0.1, 0.15) is 17.5 Å². The Balaban J connectivity index is 1.65. The summed E-state index contributed by atoms with van der Waals surface area (Å²) in [5.41, 5.74) is 1.79. The largest absolute Gasteiger partial charge is 0.381 e. The molecule has 1 unspecified atom stereocenters. The maximum atomic E-state index is 13.6. The van der Waals surface area contributed by atoms with Crippen LogP contribution in [0.1, 0.15) is 49.0 Å². The van der Waals surface area contributed by atoms with Gasteiger partial charge in [0.05, 0.1) is 0 Å². The van der Waals surface area contributed by atoms with Crippen LogP contribution in [0.5, 0.6) is 0 Å². The van der Waals surface area contributed by atoms with Crippen molar-refractivity contribution in [3.05, 3.63) is 47.7 Å². The van der Waals surface area contributed by atoms with Gasteiger partial charge >= 0.3 is 0 Å². The molecular formula is C21H27FN4O. The molecule has 2 saturated heterocycles. The molecule has 2 aliphatic heterocycles. The summed E-state index contributed by atoms with van der Waals surface area (Å²) in [6.07, 6.45) is 4.25. The van der Waals surface area contributed by atoms with Crippen molar-refractivity contribution in [2.45, 2.75) is 37.5 Å². The number of ether oxygens (including phenoxy) is 1. The molecule has 2 aromatic rings. The Bertz CT molecular complexity index is 779. The van der Waals surface area contributed by atoms with Crippen LogP contribution in [0.15, 0.2) is 30.3 Å². The summed E-state index contributed by atoms with van der Waals surface area (Å²) in [7, 11) is 2.15. The van der Waals surface area contributed by atoms with Gasteiger partial charge in [-0.2, -0.15) is 0 Å². The second-order valence-corrected chi connectivity index (χ2v) is 7.66. The second kappa shape index (κ2) is 8.31. The molecule has 4 rings (SSSR count). The van der Waals surface area contributed by atoms with Gasteiger partial charge in [-0.15, -0.1) is 0 Å². The first-order valence-electron chi connectivity index (χ1n) is 9.85. The molecule has 5 nitrogen and oxygen atoms in total. The van der Waals surface area contributed by atoms with Crippen LogP contribution >= 0.6 is 0 Å². The Kier molecular flexibility index (Phi) is 5.64. The molecule has 1 atom stereocenters.